The molecule has 2 aliphatic rings. The molecule has 2 fully saturated rings. The smallest absolute Gasteiger partial charge is 0.317 e. The number of H-pyrrole nitrogens is 2. The molecule has 6 amide bonds. The minimum Gasteiger partial charge on any atom is -0.334 e. The zero-order chi connectivity index (χ0) is 42.2. The number of imidazole rings is 2. The second kappa shape index (κ2) is 18.5. The van der Waals surface area contributed by atoms with E-state index in [1.165, 1.54) is 9.80 Å². The van der Waals surface area contributed by atoms with Crippen molar-refractivity contribution in [2.24, 2.45) is 0 Å². The minimum atomic E-state index is -0.829. The van der Waals surface area contributed by atoms with E-state index in [1.807, 2.05) is 84.9 Å². The van der Waals surface area contributed by atoms with Crippen molar-refractivity contribution < 1.29 is 19.2 Å². The Kier molecular flexibility index (Phi) is 12.6. The molecule has 2 aromatic heterocycles. The van der Waals surface area contributed by atoms with Gasteiger partial charge in [0.25, 0.3) is 0 Å². The van der Waals surface area contributed by atoms with Gasteiger partial charge in [-0.05, 0) is 72.9 Å². The molecular formula is C46H48N10O4. The SMILES string of the molecule is CN(C)C(=O)N[C@@H](C(=O)N1CCC[C@H]1c1ncc(C#Cc2ccc(C#Cc3cnc([C@@H]4CCCN4C(=O)[C@H](NC(=O)N(C)C)c4ccccc4)[nH]3)cc2)[nH]1)c1ccccc1. The lowest BCUT2D eigenvalue weighted by Gasteiger charge is -2.29. The molecule has 2 saturated heterocycles. The highest BCUT2D eigenvalue weighted by Gasteiger charge is 2.38. The Bertz CT molecular complexity index is 2270. The van der Waals surface area contributed by atoms with E-state index in [-0.39, 0.29) is 36.0 Å². The Labute approximate surface area is 349 Å². The van der Waals surface area contributed by atoms with Gasteiger partial charge in [-0.25, -0.2) is 19.6 Å². The van der Waals surface area contributed by atoms with Gasteiger partial charge < -0.3 is 40.2 Å². The number of nitrogens with one attached hydrogen (secondary N) is 4. The number of urea groups is 2. The number of likely N-dealkylation sites (tertiary alicyclic amines) is 2. The van der Waals surface area contributed by atoms with Gasteiger partial charge in [-0.1, -0.05) is 72.5 Å². The van der Waals surface area contributed by atoms with E-state index >= 15 is 0 Å². The molecule has 14 heteroatoms. The highest BCUT2D eigenvalue weighted by Crippen LogP contribution is 2.34. The Balaban J connectivity index is 0.984. The fraction of sp³-hybridized carbons (Fsp3) is 0.304. The molecule has 0 bridgehead atoms. The maximum Gasteiger partial charge on any atom is 0.317 e. The van der Waals surface area contributed by atoms with Crippen molar-refractivity contribution in [3.63, 3.8) is 0 Å². The standard InChI is InChI=1S/C46H48N10O4/c1-53(2)45(59)51-39(33-13-7-5-8-14-33)43(57)55-27-11-17-37(55)41-47-29-35(49-41)25-23-31-19-21-32(22-20-31)24-26-36-30-48-42(50-36)38-18-12-28-56(38)44(58)40(52-46(60)54(3)4)34-15-9-6-10-16-34/h5-10,13-16,19-22,29-30,37-40H,11-12,17-18,27-28H2,1-4H3,(H,47,49)(H,48,50)(H,51,59)(H,52,60)/t37-,38-,39+,40+/m0/s1. The van der Waals surface area contributed by atoms with Crippen molar-refractivity contribution >= 4 is 23.9 Å². The molecule has 0 radical (unpaired) electrons. The van der Waals surface area contributed by atoms with Crippen molar-refractivity contribution in [1.82, 2.24) is 50.2 Å². The first-order chi connectivity index (χ1) is 29.0. The Morgan fingerprint density at radius 3 is 1.35 bits per heavy atom. The van der Waals surface area contributed by atoms with E-state index in [1.54, 1.807) is 50.4 Å². The number of rotatable bonds is 8. The lowest BCUT2D eigenvalue weighted by atomic mass is 10.0. The summed E-state index contributed by atoms with van der Waals surface area (Å²) in [5.41, 5.74) is 4.26. The molecule has 3 aromatic carbocycles. The second-order valence-corrected chi connectivity index (χ2v) is 15.2. The molecule has 4 heterocycles. The number of carbonyl (C=O) groups is 4. The largest absolute Gasteiger partial charge is 0.334 e. The topological polar surface area (TPSA) is 163 Å². The van der Waals surface area contributed by atoms with Crippen molar-refractivity contribution in [2.75, 3.05) is 41.3 Å². The van der Waals surface area contributed by atoms with E-state index in [9.17, 15) is 19.2 Å². The average Bonchev–Trinajstić information content (AvgIpc) is 4.11. The number of benzene rings is 3. The first-order valence-corrected chi connectivity index (χ1v) is 20.0. The van der Waals surface area contributed by atoms with Gasteiger partial charge in [0.2, 0.25) is 11.8 Å². The summed E-state index contributed by atoms with van der Waals surface area (Å²) in [6, 6.07) is 23.2. The Morgan fingerprint density at radius 2 is 0.983 bits per heavy atom. The van der Waals surface area contributed by atoms with Crippen LogP contribution in [0.4, 0.5) is 9.59 Å². The third-order valence-corrected chi connectivity index (χ3v) is 10.6. The number of amides is 6. The van der Waals surface area contributed by atoms with Crippen molar-refractivity contribution in [3.05, 3.63) is 143 Å². The van der Waals surface area contributed by atoms with Crippen LogP contribution in [0.2, 0.25) is 0 Å². The highest BCUT2D eigenvalue weighted by atomic mass is 16.2. The van der Waals surface area contributed by atoms with Crippen LogP contribution in [-0.2, 0) is 9.59 Å². The predicted octanol–water partition coefficient (Wildman–Crippen LogP) is 5.28. The number of carbonyl (C=O) groups excluding carboxylic acids is 4. The number of aromatic amines is 2. The summed E-state index contributed by atoms with van der Waals surface area (Å²) in [5.74, 6) is 13.6. The third kappa shape index (κ3) is 9.51. The zero-order valence-corrected chi connectivity index (χ0v) is 34.1. The molecule has 7 rings (SSSR count). The molecule has 306 valence electrons. The normalized spacial score (nSPS) is 16.7. The van der Waals surface area contributed by atoms with Crippen LogP contribution in [-0.4, -0.2) is 105 Å². The zero-order valence-electron chi connectivity index (χ0n) is 34.1. The summed E-state index contributed by atoms with van der Waals surface area (Å²) in [7, 11) is 6.57. The molecule has 0 spiro atoms. The summed E-state index contributed by atoms with van der Waals surface area (Å²) in [5, 5.41) is 5.77. The second-order valence-electron chi connectivity index (χ2n) is 15.2. The predicted molar refractivity (Wildman–Crippen MR) is 226 cm³/mol. The van der Waals surface area contributed by atoms with Crippen LogP contribution in [0.1, 0.15) is 95.1 Å². The van der Waals surface area contributed by atoms with E-state index in [4.69, 9.17) is 0 Å². The maximum atomic E-state index is 13.9. The Hall–Kier alpha value is -7.32. The summed E-state index contributed by atoms with van der Waals surface area (Å²) >= 11 is 0. The van der Waals surface area contributed by atoms with Crippen LogP contribution in [0, 0.1) is 23.7 Å². The van der Waals surface area contributed by atoms with E-state index in [0.29, 0.717) is 47.3 Å². The summed E-state index contributed by atoms with van der Waals surface area (Å²) in [4.78, 5) is 75.3. The van der Waals surface area contributed by atoms with Gasteiger partial charge in [-0.2, -0.15) is 0 Å². The van der Waals surface area contributed by atoms with Gasteiger partial charge in [0.05, 0.1) is 24.5 Å². The quantitative estimate of drug-likeness (QED) is 0.156. The molecule has 0 unspecified atom stereocenters. The van der Waals surface area contributed by atoms with Crippen LogP contribution < -0.4 is 10.6 Å². The van der Waals surface area contributed by atoms with Gasteiger partial charge in [-0.15, -0.1) is 0 Å². The van der Waals surface area contributed by atoms with Crippen molar-refractivity contribution in [2.45, 2.75) is 49.9 Å². The fourth-order valence-corrected chi connectivity index (χ4v) is 7.39. The summed E-state index contributed by atoms with van der Waals surface area (Å²) in [6.07, 6.45) is 6.46. The molecule has 2 aliphatic heterocycles. The van der Waals surface area contributed by atoms with Gasteiger partial charge in [0.1, 0.15) is 35.1 Å². The molecule has 4 N–H and O–H groups in total. The summed E-state index contributed by atoms with van der Waals surface area (Å²) in [6.45, 7) is 1.11. The number of hydrogen-bond donors (Lipinski definition) is 4. The van der Waals surface area contributed by atoms with Crippen molar-refractivity contribution in [1.29, 1.82) is 0 Å². The molecule has 60 heavy (non-hydrogen) atoms. The number of hydrogen-bond acceptors (Lipinski definition) is 6. The molecule has 0 saturated carbocycles. The van der Waals surface area contributed by atoms with E-state index < -0.39 is 12.1 Å². The molecule has 5 aromatic rings. The van der Waals surface area contributed by atoms with Crippen LogP contribution in [0.15, 0.2) is 97.3 Å². The first kappa shape index (κ1) is 40.9. The van der Waals surface area contributed by atoms with Crippen molar-refractivity contribution in [3.8, 4) is 23.7 Å². The lowest BCUT2D eigenvalue weighted by Crippen LogP contribution is -2.45. The van der Waals surface area contributed by atoms with Crippen LogP contribution in [0.5, 0.6) is 0 Å². The number of aromatic nitrogens is 4. The Morgan fingerprint density at radius 1 is 0.600 bits per heavy atom. The molecule has 0 aliphatic carbocycles. The van der Waals surface area contributed by atoms with Crippen LogP contribution >= 0.6 is 0 Å². The maximum absolute atomic E-state index is 13.9. The highest BCUT2D eigenvalue weighted by molar-refractivity contribution is 5.89. The van der Waals surface area contributed by atoms with Gasteiger partial charge in [0.15, 0.2) is 0 Å². The van der Waals surface area contributed by atoms with Gasteiger partial charge in [-0.3, -0.25) is 9.59 Å². The van der Waals surface area contributed by atoms with Crippen LogP contribution in [0.25, 0.3) is 0 Å². The lowest BCUT2D eigenvalue weighted by molar-refractivity contribution is -0.135. The molecule has 4 atom stereocenters. The van der Waals surface area contributed by atoms with E-state index in [0.717, 1.165) is 36.8 Å². The average molecular weight is 805 g/mol. The summed E-state index contributed by atoms with van der Waals surface area (Å²) < 4.78 is 0. The minimum absolute atomic E-state index is 0.188. The van der Waals surface area contributed by atoms with Gasteiger partial charge in [0, 0.05) is 52.4 Å². The molecular weight excluding hydrogens is 757 g/mol. The fourth-order valence-electron chi connectivity index (χ4n) is 7.39. The van der Waals surface area contributed by atoms with Crippen LogP contribution in [0.3, 0.4) is 0 Å². The third-order valence-electron chi connectivity index (χ3n) is 10.6. The monoisotopic (exact) mass is 804 g/mol. The molecule has 14 nitrogen and oxygen atoms in total. The number of nitrogens with zero attached hydrogens (tertiary/aromatic N) is 6. The van der Waals surface area contributed by atoms with Gasteiger partial charge >= 0.3 is 12.1 Å². The first-order valence-electron chi connectivity index (χ1n) is 20.0. The van der Waals surface area contributed by atoms with E-state index in [2.05, 4.69) is 54.3 Å².